The molecule has 0 aromatic heterocycles. The van der Waals surface area contributed by atoms with Crippen LogP contribution >= 0.6 is 31.9 Å². The molecule has 1 aromatic rings. The predicted molar refractivity (Wildman–Crippen MR) is 87.0 cm³/mol. The highest BCUT2D eigenvalue weighted by Gasteiger charge is 2.17. The van der Waals surface area contributed by atoms with Crippen molar-refractivity contribution in [3.05, 3.63) is 22.2 Å². The van der Waals surface area contributed by atoms with E-state index in [-0.39, 0.29) is 0 Å². The Morgan fingerprint density at radius 2 is 2.00 bits per heavy atom. The number of hydrogen-bond acceptors (Lipinski definition) is 3. The van der Waals surface area contributed by atoms with E-state index in [1.54, 1.807) is 0 Å². The van der Waals surface area contributed by atoms with Crippen LogP contribution in [-0.2, 0) is 10.1 Å². The van der Waals surface area contributed by atoms with Crippen molar-refractivity contribution < 1.29 is 14.2 Å². The number of benzene rings is 1. The lowest BCUT2D eigenvalue weighted by atomic mass is 10.0. The molecule has 1 aliphatic heterocycles. The SMILES string of the molecule is CCOc1cc(CBr)cc(Br)c1OCC1CCOCC1. The van der Waals surface area contributed by atoms with E-state index < -0.39 is 0 Å². The largest absolute Gasteiger partial charge is 0.490 e. The van der Waals surface area contributed by atoms with Gasteiger partial charge in [-0.05, 0) is 59.3 Å². The number of halogens is 2. The van der Waals surface area contributed by atoms with E-state index in [2.05, 4.69) is 37.9 Å². The first-order chi connectivity index (χ1) is 9.74. The molecule has 0 spiro atoms. The summed E-state index contributed by atoms with van der Waals surface area (Å²) in [5.41, 5.74) is 1.17. The van der Waals surface area contributed by atoms with Crippen LogP contribution in [0.1, 0.15) is 25.3 Å². The van der Waals surface area contributed by atoms with Crippen LogP contribution in [0.15, 0.2) is 16.6 Å². The lowest BCUT2D eigenvalue weighted by Crippen LogP contribution is -2.21. The van der Waals surface area contributed by atoms with E-state index in [1.807, 2.05) is 13.0 Å². The molecule has 0 atom stereocenters. The van der Waals surface area contributed by atoms with E-state index in [9.17, 15) is 0 Å². The van der Waals surface area contributed by atoms with Crippen LogP contribution in [0.4, 0.5) is 0 Å². The minimum absolute atomic E-state index is 0.570. The summed E-state index contributed by atoms with van der Waals surface area (Å²) in [6.07, 6.45) is 2.14. The summed E-state index contributed by atoms with van der Waals surface area (Å²) in [5.74, 6) is 2.19. The summed E-state index contributed by atoms with van der Waals surface area (Å²) in [5, 5.41) is 0.798. The molecule has 0 saturated carbocycles. The first-order valence-electron chi connectivity index (χ1n) is 6.96. The van der Waals surface area contributed by atoms with Gasteiger partial charge in [0.1, 0.15) is 0 Å². The van der Waals surface area contributed by atoms with Crippen molar-refractivity contribution >= 4 is 31.9 Å². The molecule has 5 heteroatoms. The smallest absolute Gasteiger partial charge is 0.175 e. The molecular weight excluding hydrogens is 388 g/mol. The Labute approximate surface area is 137 Å². The van der Waals surface area contributed by atoms with E-state index in [1.165, 1.54) is 5.56 Å². The van der Waals surface area contributed by atoms with Crippen LogP contribution in [0.25, 0.3) is 0 Å². The van der Waals surface area contributed by atoms with Gasteiger partial charge in [-0.2, -0.15) is 0 Å². The zero-order valence-electron chi connectivity index (χ0n) is 11.7. The number of rotatable bonds is 6. The van der Waals surface area contributed by atoms with Crippen LogP contribution < -0.4 is 9.47 Å². The summed E-state index contributed by atoms with van der Waals surface area (Å²) < 4.78 is 18.0. The van der Waals surface area contributed by atoms with Crippen LogP contribution in [0, 0.1) is 5.92 Å². The van der Waals surface area contributed by atoms with Gasteiger partial charge in [0.2, 0.25) is 0 Å². The number of hydrogen-bond donors (Lipinski definition) is 0. The lowest BCUT2D eigenvalue weighted by Gasteiger charge is -2.23. The molecule has 1 heterocycles. The van der Waals surface area contributed by atoms with Gasteiger partial charge >= 0.3 is 0 Å². The number of alkyl halides is 1. The fourth-order valence-corrected chi connectivity index (χ4v) is 3.14. The van der Waals surface area contributed by atoms with Gasteiger partial charge in [0, 0.05) is 18.5 Å². The maximum absolute atomic E-state index is 6.02. The van der Waals surface area contributed by atoms with Crippen molar-refractivity contribution in [2.24, 2.45) is 5.92 Å². The van der Waals surface area contributed by atoms with Crippen LogP contribution in [0.5, 0.6) is 11.5 Å². The molecule has 1 aliphatic rings. The van der Waals surface area contributed by atoms with Crippen LogP contribution in [0.3, 0.4) is 0 Å². The highest BCUT2D eigenvalue weighted by molar-refractivity contribution is 9.10. The number of ether oxygens (including phenoxy) is 3. The van der Waals surface area contributed by atoms with Gasteiger partial charge in [0.15, 0.2) is 11.5 Å². The average molecular weight is 408 g/mol. The Kier molecular flexibility index (Phi) is 6.65. The third kappa shape index (κ3) is 4.37. The Balaban J connectivity index is 2.08. The molecule has 3 nitrogen and oxygen atoms in total. The second-order valence-corrected chi connectivity index (χ2v) is 6.25. The average Bonchev–Trinajstić information content (AvgIpc) is 2.47. The minimum atomic E-state index is 0.570. The highest BCUT2D eigenvalue weighted by atomic mass is 79.9. The first kappa shape index (κ1) is 16.1. The molecule has 1 aromatic carbocycles. The molecule has 2 rings (SSSR count). The zero-order chi connectivity index (χ0) is 14.4. The standard InChI is InChI=1S/C15H20Br2O3/c1-2-19-14-8-12(9-16)7-13(17)15(14)20-10-11-3-5-18-6-4-11/h7-8,11H,2-6,9-10H2,1H3. The van der Waals surface area contributed by atoms with Crippen molar-refractivity contribution in [1.82, 2.24) is 0 Å². The maximum atomic E-state index is 6.02. The normalized spacial score (nSPS) is 16.1. The van der Waals surface area contributed by atoms with Gasteiger partial charge in [0.25, 0.3) is 0 Å². The highest BCUT2D eigenvalue weighted by Crippen LogP contribution is 2.38. The van der Waals surface area contributed by atoms with Gasteiger partial charge < -0.3 is 14.2 Å². The fourth-order valence-electron chi connectivity index (χ4n) is 2.22. The van der Waals surface area contributed by atoms with Crippen LogP contribution in [0.2, 0.25) is 0 Å². The van der Waals surface area contributed by atoms with Crippen molar-refractivity contribution in [1.29, 1.82) is 0 Å². The van der Waals surface area contributed by atoms with Crippen molar-refractivity contribution in [2.75, 3.05) is 26.4 Å². The monoisotopic (exact) mass is 406 g/mol. The molecule has 0 aliphatic carbocycles. The molecule has 1 saturated heterocycles. The molecule has 0 radical (unpaired) electrons. The van der Waals surface area contributed by atoms with E-state index >= 15 is 0 Å². The van der Waals surface area contributed by atoms with Gasteiger partial charge in [-0.3, -0.25) is 0 Å². The third-order valence-corrected chi connectivity index (χ3v) is 4.56. The lowest BCUT2D eigenvalue weighted by molar-refractivity contribution is 0.0491. The van der Waals surface area contributed by atoms with Gasteiger partial charge in [-0.25, -0.2) is 0 Å². The van der Waals surface area contributed by atoms with Crippen molar-refractivity contribution in [2.45, 2.75) is 25.1 Å². The molecule has 0 N–H and O–H groups in total. The van der Waals surface area contributed by atoms with Gasteiger partial charge in [-0.1, -0.05) is 15.9 Å². The summed E-state index contributed by atoms with van der Waals surface area (Å²) in [6.45, 7) is 5.02. The van der Waals surface area contributed by atoms with E-state index in [0.29, 0.717) is 12.5 Å². The molecule has 1 fully saturated rings. The maximum Gasteiger partial charge on any atom is 0.175 e. The second-order valence-electron chi connectivity index (χ2n) is 4.84. The second kappa shape index (κ2) is 8.25. The Morgan fingerprint density at radius 3 is 2.65 bits per heavy atom. The Bertz CT molecular complexity index is 431. The summed E-state index contributed by atoms with van der Waals surface area (Å²) >= 11 is 7.06. The summed E-state index contributed by atoms with van der Waals surface area (Å²) in [6, 6.07) is 4.10. The molecule has 0 bridgehead atoms. The first-order valence-corrected chi connectivity index (χ1v) is 8.87. The Morgan fingerprint density at radius 1 is 1.25 bits per heavy atom. The predicted octanol–water partition coefficient (Wildman–Crippen LogP) is 4.55. The quantitative estimate of drug-likeness (QED) is 0.647. The molecule has 0 amide bonds. The molecule has 0 unspecified atom stereocenters. The van der Waals surface area contributed by atoms with Crippen molar-refractivity contribution in [3.63, 3.8) is 0 Å². The van der Waals surface area contributed by atoms with E-state index in [0.717, 1.165) is 54.0 Å². The topological polar surface area (TPSA) is 27.7 Å². The minimum Gasteiger partial charge on any atom is -0.490 e. The third-order valence-electron chi connectivity index (χ3n) is 3.33. The molecule has 112 valence electrons. The zero-order valence-corrected chi connectivity index (χ0v) is 14.8. The van der Waals surface area contributed by atoms with Gasteiger partial charge in [0.05, 0.1) is 17.7 Å². The Hall–Kier alpha value is -0.260. The summed E-state index contributed by atoms with van der Waals surface area (Å²) in [7, 11) is 0. The van der Waals surface area contributed by atoms with Crippen LogP contribution in [-0.4, -0.2) is 26.4 Å². The van der Waals surface area contributed by atoms with Crippen molar-refractivity contribution in [3.8, 4) is 11.5 Å². The molecular formula is C15H20Br2O3. The summed E-state index contributed by atoms with van der Waals surface area (Å²) in [4.78, 5) is 0. The van der Waals surface area contributed by atoms with Gasteiger partial charge in [-0.15, -0.1) is 0 Å². The fraction of sp³-hybridized carbons (Fsp3) is 0.600. The van der Waals surface area contributed by atoms with E-state index in [4.69, 9.17) is 14.2 Å². The molecule has 20 heavy (non-hydrogen) atoms.